The molecule has 1 aliphatic heterocycles. The van der Waals surface area contributed by atoms with E-state index in [1.165, 1.54) is 0 Å². The molecule has 0 saturated carbocycles. The smallest absolute Gasteiger partial charge is 0.251 e. The van der Waals surface area contributed by atoms with E-state index in [2.05, 4.69) is 17.6 Å². The molecule has 1 atom stereocenters. The molecule has 0 bridgehead atoms. The first-order chi connectivity index (χ1) is 7.59. The first-order valence-electron chi connectivity index (χ1n) is 5.69. The molecule has 1 saturated heterocycles. The van der Waals surface area contributed by atoms with Gasteiger partial charge in [0.25, 0.3) is 5.91 Å². The van der Waals surface area contributed by atoms with Crippen LogP contribution in [0.4, 0.5) is 0 Å². The SMILES string of the molecule is Cc1cccc(C(=O)NC2(C)CCNC2)c1. The Hall–Kier alpha value is -1.35. The molecule has 2 rings (SSSR count). The predicted molar refractivity (Wildman–Crippen MR) is 64.5 cm³/mol. The Morgan fingerprint density at radius 1 is 1.50 bits per heavy atom. The molecule has 0 radical (unpaired) electrons. The van der Waals surface area contributed by atoms with Crippen molar-refractivity contribution in [1.82, 2.24) is 10.6 Å². The Morgan fingerprint density at radius 3 is 2.94 bits per heavy atom. The van der Waals surface area contributed by atoms with Gasteiger partial charge in [0, 0.05) is 12.1 Å². The highest BCUT2D eigenvalue weighted by molar-refractivity contribution is 5.94. The van der Waals surface area contributed by atoms with Gasteiger partial charge >= 0.3 is 0 Å². The van der Waals surface area contributed by atoms with E-state index in [9.17, 15) is 4.79 Å². The number of hydrogen-bond donors (Lipinski definition) is 2. The zero-order chi connectivity index (χ0) is 11.6. The van der Waals surface area contributed by atoms with Crippen LogP contribution in [0.25, 0.3) is 0 Å². The summed E-state index contributed by atoms with van der Waals surface area (Å²) in [7, 11) is 0. The summed E-state index contributed by atoms with van der Waals surface area (Å²) in [4.78, 5) is 12.0. The summed E-state index contributed by atoms with van der Waals surface area (Å²) in [6, 6.07) is 7.68. The van der Waals surface area contributed by atoms with E-state index in [1.807, 2.05) is 31.2 Å². The van der Waals surface area contributed by atoms with Crippen molar-refractivity contribution in [2.24, 2.45) is 0 Å². The average Bonchev–Trinajstić information content (AvgIpc) is 2.65. The second kappa shape index (κ2) is 4.26. The second-order valence-corrected chi connectivity index (χ2v) is 4.81. The summed E-state index contributed by atoms with van der Waals surface area (Å²) in [5.74, 6) is 0.0231. The van der Waals surface area contributed by atoms with Gasteiger partial charge in [0.15, 0.2) is 0 Å². The van der Waals surface area contributed by atoms with Crippen LogP contribution in [0.2, 0.25) is 0 Å². The minimum Gasteiger partial charge on any atom is -0.346 e. The van der Waals surface area contributed by atoms with Crippen LogP contribution in [0.15, 0.2) is 24.3 Å². The third-order valence-electron chi connectivity index (χ3n) is 3.06. The molecule has 0 spiro atoms. The zero-order valence-corrected chi connectivity index (χ0v) is 9.84. The van der Waals surface area contributed by atoms with Gasteiger partial charge < -0.3 is 10.6 Å². The van der Waals surface area contributed by atoms with Crippen molar-refractivity contribution in [1.29, 1.82) is 0 Å². The van der Waals surface area contributed by atoms with Crippen LogP contribution < -0.4 is 10.6 Å². The number of amides is 1. The van der Waals surface area contributed by atoms with Gasteiger partial charge in [-0.3, -0.25) is 4.79 Å². The zero-order valence-electron chi connectivity index (χ0n) is 9.84. The minimum absolute atomic E-state index is 0.0231. The number of carbonyl (C=O) groups is 1. The van der Waals surface area contributed by atoms with Gasteiger partial charge in [0.2, 0.25) is 0 Å². The lowest BCUT2D eigenvalue weighted by Gasteiger charge is -2.24. The van der Waals surface area contributed by atoms with E-state index in [1.54, 1.807) is 0 Å². The summed E-state index contributed by atoms with van der Waals surface area (Å²) < 4.78 is 0. The number of benzene rings is 1. The maximum atomic E-state index is 12.0. The Bertz CT molecular complexity index is 395. The number of nitrogens with one attached hydrogen (secondary N) is 2. The fourth-order valence-corrected chi connectivity index (χ4v) is 2.06. The van der Waals surface area contributed by atoms with Crippen LogP contribution in [0.5, 0.6) is 0 Å². The predicted octanol–water partition coefficient (Wildman–Crippen LogP) is 1.48. The molecule has 0 aliphatic carbocycles. The molecule has 1 aliphatic rings. The molecule has 2 N–H and O–H groups in total. The maximum absolute atomic E-state index is 12.0. The number of hydrogen-bond acceptors (Lipinski definition) is 2. The van der Waals surface area contributed by atoms with Crippen molar-refractivity contribution in [3.63, 3.8) is 0 Å². The van der Waals surface area contributed by atoms with Crippen molar-refractivity contribution in [2.45, 2.75) is 25.8 Å². The van der Waals surface area contributed by atoms with Crippen LogP contribution in [0, 0.1) is 6.92 Å². The molecule has 86 valence electrons. The fraction of sp³-hybridized carbons (Fsp3) is 0.462. The lowest BCUT2D eigenvalue weighted by molar-refractivity contribution is 0.0913. The average molecular weight is 218 g/mol. The van der Waals surface area contributed by atoms with Crippen LogP contribution in [0.3, 0.4) is 0 Å². The third kappa shape index (κ3) is 2.42. The molecule has 1 unspecified atom stereocenters. The monoisotopic (exact) mass is 218 g/mol. The van der Waals surface area contributed by atoms with E-state index in [-0.39, 0.29) is 11.4 Å². The Labute approximate surface area is 96.2 Å². The molecule has 0 aromatic heterocycles. The fourth-order valence-electron chi connectivity index (χ4n) is 2.06. The van der Waals surface area contributed by atoms with Gasteiger partial charge in [-0.1, -0.05) is 17.7 Å². The van der Waals surface area contributed by atoms with Crippen molar-refractivity contribution in [3.05, 3.63) is 35.4 Å². The quantitative estimate of drug-likeness (QED) is 0.789. The number of carbonyl (C=O) groups excluding carboxylic acids is 1. The van der Waals surface area contributed by atoms with Crippen LogP contribution in [-0.4, -0.2) is 24.5 Å². The summed E-state index contributed by atoms with van der Waals surface area (Å²) in [6.07, 6.45) is 0.991. The highest BCUT2D eigenvalue weighted by atomic mass is 16.1. The van der Waals surface area contributed by atoms with Gasteiger partial charge in [0.1, 0.15) is 0 Å². The standard InChI is InChI=1S/C13H18N2O/c1-10-4-3-5-11(8-10)12(16)15-13(2)6-7-14-9-13/h3-5,8,14H,6-7,9H2,1-2H3,(H,15,16). The molecule has 16 heavy (non-hydrogen) atoms. The normalized spacial score (nSPS) is 24.4. The van der Waals surface area contributed by atoms with E-state index >= 15 is 0 Å². The van der Waals surface area contributed by atoms with Gasteiger partial charge in [-0.05, 0) is 38.9 Å². The summed E-state index contributed by atoms with van der Waals surface area (Å²) in [5, 5.41) is 6.36. The molecule has 3 heteroatoms. The highest BCUT2D eigenvalue weighted by Gasteiger charge is 2.30. The van der Waals surface area contributed by atoms with Gasteiger partial charge in [-0.25, -0.2) is 0 Å². The Balaban J connectivity index is 2.08. The molecule has 1 heterocycles. The molecule has 1 aromatic rings. The van der Waals surface area contributed by atoms with Crippen LogP contribution >= 0.6 is 0 Å². The first kappa shape index (κ1) is 11.1. The lowest BCUT2D eigenvalue weighted by Crippen LogP contribution is -2.47. The number of rotatable bonds is 2. The topological polar surface area (TPSA) is 41.1 Å². The van der Waals surface area contributed by atoms with E-state index in [0.29, 0.717) is 0 Å². The molecular formula is C13H18N2O. The summed E-state index contributed by atoms with van der Waals surface area (Å²) in [6.45, 7) is 5.91. The van der Waals surface area contributed by atoms with E-state index in [4.69, 9.17) is 0 Å². The molecule has 1 aromatic carbocycles. The van der Waals surface area contributed by atoms with Crippen LogP contribution in [-0.2, 0) is 0 Å². The summed E-state index contributed by atoms with van der Waals surface area (Å²) >= 11 is 0. The lowest BCUT2D eigenvalue weighted by atomic mass is 10.0. The molecule has 1 amide bonds. The molecule has 1 fully saturated rings. The van der Waals surface area contributed by atoms with Gasteiger partial charge in [0.05, 0.1) is 5.54 Å². The summed E-state index contributed by atoms with van der Waals surface area (Å²) in [5.41, 5.74) is 1.76. The first-order valence-corrected chi connectivity index (χ1v) is 5.69. The molecule has 3 nitrogen and oxygen atoms in total. The largest absolute Gasteiger partial charge is 0.346 e. The van der Waals surface area contributed by atoms with Crippen molar-refractivity contribution < 1.29 is 4.79 Å². The number of aryl methyl sites for hydroxylation is 1. The van der Waals surface area contributed by atoms with Gasteiger partial charge in [-0.2, -0.15) is 0 Å². The van der Waals surface area contributed by atoms with Gasteiger partial charge in [-0.15, -0.1) is 0 Å². The molecular weight excluding hydrogens is 200 g/mol. The van der Waals surface area contributed by atoms with Crippen LogP contribution in [0.1, 0.15) is 29.3 Å². The van der Waals surface area contributed by atoms with Crippen molar-refractivity contribution in [2.75, 3.05) is 13.1 Å². The second-order valence-electron chi connectivity index (χ2n) is 4.81. The maximum Gasteiger partial charge on any atom is 0.251 e. The van der Waals surface area contributed by atoms with E-state index in [0.717, 1.165) is 30.6 Å². The Morgan fingerprint density at radius 2 is 2.31 bits per heavy atom. The van der Waals surface area contributed by atoms with E-state index < -0.39 is 0 Å². The third-order valence-corrected chi connectivity index (χ3v) is 3.06. The van der Waals surface area contributed by atoms with Crippen molar-refractivity contribution >= 4 is 5.91 Å². The highest BCUT2D eigenvalue weighted by Crippen LogP contribution is 2.14. The minimum atomic E-state index is -0.0964. The van der Waals surface area contributed by atoms with Crippen molar-refractivity contribution in [3.8, 4) is 0 Å². The Kier molecular flexibility index (Phi) is 2.97.